The summed E-state index contributed by atoms with van der Waals surface area (Å²) in [6, 6.07) is 54.5. The van der Waals surface area contributed by atoms with Gasteiger partial charge in [0.1, 0.15) is 0 Å². The topological polar surface area (TPSA) is 27.8 Å². The second-order valence-corrected chi connectivity index (χ2v) is 13.8. The zero-order chi connectivity index (χ0) is 32.8. The molecule has 1 aliphatic heterocycles. The Bertz CT molecular complexity index is 2890. The quantitative estimate of drug-likeness (QED) is 0.186. The van der Waals surface area contributed by atoms with E-state index in [-0.39, 0.29) is 0 Å². The van der Waals surface area contributed by atoms with Crippen LogP contribution < -0.4 is 5.32 Å². The number of nitrogens with one attached hydrogen (secondary N) is 2. The molecule has 0 fully saturated rings. The van der Waals surface area contributed by atoms with E-state index in [9.17, 15) is 0 Å². The van der Waals surface area contributed by atoms with Crippen molar-refractivity contribution in [3.05, 3.63) is 175 Å². The molecule has 8 aromatic carbocycles. The molecule has 2 N–H and O–H groups in total. The Morgan fingerprint density at radius 1 is 0.360 bits per heavy atom. The Labute approximate surface area is 290 Å². The number of anilines is 1. The molecule has 0 spiro atoms. The number of rotatable bonds is 3. The molecule has 1 aliphatic carbocycles. The molecule has 50 heavy (non-hydrogen) atoms. The fourth-order valence-corrected chi connectivity index (χ4v) is 8.61. The fourth-order valence-electron chi connectivity index (χ4n) is 8.61. The van der Waals surface area contributed by atoms with Crippen LogP contribution in [0.1, 0.15) is 11.5 Å². The summed E-state index contributed by atoms with van der Waals surface area (Å²) in [5.41, 5.74) is 12.3. The molecular formula is C48H32N2. The maximum absolute atomic E-state index is 3.72. The number of benzene rings is 8. The van der Waals surface area contributed by atoms with Gasteiger partial charge in [-0.25, -0.2) is 0 Å². The highest BCUT2D eigenvalue weighted by molar-refractivity contribution is 6.25. The molecule has 0 amide bonds. The predicted molar refractivity (Wildman–Crippen MR) is 213 cm³/mol. The lowest BCUT2D eigenvalue weighted by Crippen LogP contribution is -2.17. The molecule has 0 bridgehead atoms. The second kappa shape index (κ2) is 10.6. The SMILES string of the molecule is C1=CC2Nc3ccc(-c4cc(-c5ccc6[nH]c7ccccc7c6c5)cc(-c5ccc6c7ccccc7c7ccccc7c6c5)c4)cc3C2C=C1. The van der Waals surface area contributed by atoms with Crippen molar-refractivity contribution in [3.8, 4) is 33.4 Å². The van der Waals surface area contributed by atoms with Gasteiger partial charge < -0.3 is 10.3 Å². The van der Waals surface area contributed by atoms with Crippen molar-refractivity contribution in [2.45, 2.75) is 12.0 Å². The Morgan fingerprint density at radius 3 is 1.60 bits per heavy atom. The van der Waals surface area contributed by atoms with Gasteiger partial charge in [-0.15, -0.1) is 0 Å². The number of H-pyrrole nitrogens is 1. The lowest BCUT2D eigenvalue weighted by Gasteiger charge is -2.16. The van der Waals surface area contributed by atoms with Crippen LogP contribution in [0.5, 0.6) is 0 Å². The Balaban J connectivity index is 1.14. The van der Waals surface area contributed by atoms with Crippen molar-refractivity contribution in [2.24, 2.45) is 0 Å². The van der Waals surface area contributed by atoms with Crippen molar-refractivity contribution < 1.29 is 0 Å². The number of aromatic amines is 1. The van der Waals surface area contributed by atoms with Crippen LogP contribution in [0.25, 0.3) is 87.5 Å². The first kappa shape index (κ1) is 27.6. The van der Waals surface area contributed by atoms with Crippen LogP contribution in [0.15, 0.2) is 170 Å². The first-order chi connectivity index (χ1) is 24.7. The smallest absolute Gasteiger partial charge is 0.0551 e. The first-order valence-electron chi connectivity index (χ1n) is 17.5. The van der Waals surface area contributed by atoms with Crippen LogP contribution in [-0.4, -0.2) is 11.0 Å². The second-order valence-electron chi connectivity index (χ2n) is 13.8. The molecule has 9 aromatic rings. The molecule has 0 saturated heterocycles. The van der Waals surface area contributed by atoms with Crippen LogP contribution in [-0.2, 0) is 0 Å². The molecule has 1 aromatic heterocycles. The van der Waals surface area contributed by atoms with Crippen molar-refractivity contribution in [2.75, 3.05) is 5.32 Å². The summed E-state index contributed by atoms with van der Waals surface area (Å²) in [6.45, 7) is 0. The van der Waals surface area contributed by atoms with E-state index in [1.807, 2.05) is 0 Å². The minimum atomic E-state index is 0.318. The zero-order valence-corrected chi connectivity index (χ0v) is 27.3. The largest absolute Gasteiger partial charge is 0.378 e. The van der Waals surface area contributed by atoms with E-state index in [2.05, 4.69) is 180 Å². The normalized spacial score (nSPS) is 16.4. The summed E-state index contributed by atoms with van der Waals surface area (Å²) in [7, 11) is 0. The number of para-hydroxylation sites is 1. The number of aromatic nitrogens is 1. The predicted octanol–water partition coefficient (Wildman–Crippen LogP) is 12.8. The van der Waals surface area contributed by atoms with Gasteiger partial charge in [-0.2, -0.15) is 0 Å². The van der Waals surface area contributed by atoms with Gasteiger partial charge in [0.05, 0.1) is 6.04 Å². The van der Waals surface area contributed by atoms with Crippen LogP contribution in [0.4, 0.5) is 5.69 Å². The fraction of sp³-hybridized carbons (Fsp3) is 0.0417. The third kappa shape index (κ3) is 4.15. The van der Waals surface area contributed by atoms with E-state index < -0.39 is 0 Å². The molecule has 2 aliphatic rings. The Hall–Kier alpha value is -6.38. The van der Waals surface area contributed by atoms with Gasteiger partial charge in [-0.05, 0) is 126 Å². The molecule has 2 nitrogen and oxygen atoms in total. The third-order valence-electron chi connectivity index (χ3n) is 11.1. The maximum atomic E-state index is 3.72. The van der Waals surface area contributed by atoms with Crippen LogP contribution in [0, 0.1) is 0 Å². The first-order valence-corrected chi connectivity index (χ1v) is 17.5. The average molecular weight is 637 g/mol. The van der Waals surface area contributed by atoms with Crippen LogP contribution in [0.2, 0.25) is 0 Å². The number of fused-ring (bicyclic) bond motifs is 12. The summed E-state index contributed by atoms with van der Waals surface area (Å²) < 4.78 is 0. The van der Waals surface area contributed by atoms with Gasteiger partial charge in [0.2, 0.25) is 0 Å². The molecule has 2 atom stereocenters. The van der Waals surface area contributed by atoms with E-state index in [0.717, 1.165) is 5.52 Å². The lowest BCUT2D eigenvalue weighted by molar-refractivity contribution is 0.805. The molecule has 0 saturated carbocycles. The highest BCUT2D eigenvalue weighted by Crippen LogP contribution is 2.43. The number of allylic oxidation sites excluding steroid dienone is 2. The average Bonchev–Trinajstić information content (AvgIpc) is 3.75. The maximum Gasteiger partial charge on any atom is 0.0551 e. The minimum Gasteiger partial charge on any atom is -0.378 e. The molecule has 234 valence electrons. The van der Waals surface area contributed by atoms with Crippen molar-refractivity contribution >= 4 is 59.8 Å². The van der Waals surface area contributed by atoms with Gasteiger partial charge >= 0.3 is 0 Å². The van der Waals surface area contributed by atoms with E-state index >= 15 is 0 Å². The lowest BCUT2D eigenvalue weighted by atomic mass is 9.88. The highest BCUT2D eigenvalue weighted by atomic mass is 15.0. The highest BCUT2D eigenvalue weighted by Gasteiger charge is 2.29. The van der Waals surface area contributed by atoms with Crippen LogP contribution in [0.3, 0.4) is 0 Å². The molecule has 0 radical (unpaired) electrons. The molecule has 2 heterocycles. The molecular weight excluding hydrogens is 605 g/mol. The molecule has 2 heteroatoms. The van der Waals surface area contributed by atoms with Gasteiger partial charge in [-0.1, -0.05) is 115 Å². The summed E-state index contributed by atoms with van der Waals surface area (Å²) in [6.07, 6.45) is 8.93. The van der Waals surface area contributed by atoms with Gasteiger partial charge in [0.15, 0.2) is 0 Å². The van der Waals surface area contributed by atoms with Crippen molar-refractivity contribution in [1.82, 2.24) is 4.98 Å². The van der Waals surface area contributed by atoms with Crippen LogP contribution >= 0.6 is 0 Å². The van der Waals surface area contributed by atoms with E-state index in [1.165, 1.54) is 93.2 Å². The van der Waals surface area contributed by atoms with Gasteiger partial charge in [0.25, 0.3) is 0 Å². The zero-order valence-electron chi connectivity index (χ0n) is 27.3. The number of hydrogen-bond acceptors (Lipinski definition) is 1. The third-order valence-corrected chi connectivity index (χ3v) is 11.1. The Morgan fingerprint density at radius 2 is 0.880 bits per heavy atom. The minimum absolute atomic E-state index is 0.318. The summed E-state index contributed by atoms with van der Waals surface area (Å²) in [5.74, 6) is 0.352. The summed E-state index contributed by atoms with van der Waals surface area (Å²) in [5, 5.41) is 14.0. The standard InChI is InChI=1S/C48H32N2/c1-2-11-37-35(9-1)36-10-3-4-12-38(36)42-26-29(17-20-39(37)42)32-23-33(30-18-21-47-43(27-30)40-13-5-7-15-45(40)49-47)25-34(24-32)31-19-22-48-44(28-31)41-14-6-8-16-46(41)50-48/h1-28,40,45,49-50H. The monoisotopic (exact) mass is 636 g/mol. The Kier molecular flexibility index (Phi) is 5.82. The molecule has 2 unspecified atom stereocenters. The van der Waals surface area contributed by atoms with E-state index in [4.69, 9.17) is 0 Å². The van der Waals surface area contributed by atoms with Crippen molar-refractivity contribution in [1.29, 1.82) is 0 Å². The number of hydrogen-bond donors (Lipinski definition) is 2. The van der Waals surface area contributed by atoms with E-state index in [0.29, 0.717) is 12.0 Å². The summed E-state index contributed by atoms with van der Waals surface area (Å²) >= 11 is 0. The summed E-state index contributed by atoms with van der Waals surface area (Å²) in [4.78, 5) is 3.61. The molecule has 11 rings (SSSR count). The van der Waals surface area contributed by atoms with Gasteiger partial charge in [-0.3, -0.25) is 0 Å². The van der Waals surface area contributed by atoms with Gasteiger partial charge in [0, 0.05) is 33.4 Å². The van der Waals surface area contributed by atoms with E-state index in [1.54, 1.807) is 0 Å². The van der Waals surface area contributed by atoms with Crippen molar-refractivity contribution in [3.63, 3.8) is 0 Å².